The third kappa shape index (κ3) is 4.34. The first kappa shape index (κ1) is 16.6. The van der Waals surface area contributed by atoms with Crippen molar-refractivity contribution in [2.75, 3.05) is 6.54 Å². The summed E-state index contributed by atoms with van der Waals surface area (Å²) in [6.07, 6.45) is 2.02. The Bertz CT molecular complexity index is 693. The Balaban J connectivity index is 2.04. The van der Waals surface area contributed by atoms with Gasteiger partial charge in [-0.3, -0.25) is 4.98 Å². The normalized spacial score (nSPS) is 11.5. The monoisotopic (exact) mass is 320 g/mol. The number of pyridine rings is 1. The van der Waals surface area contributed by atoms with Crippen LogP contribution in [0.5, 0.6) is 0 Å². The minimum Gasteiger partial charge on any atom is -0.444 e. The molecule has 2 aromatic rings. The van der Waals surface area contributed by atoms with E-state index in [0.717, 1.165) is 22.0 Å². The van der Waals surface area contributed by atoms with Gasteiger partial charge in [-0.1, -0.05) is 11.6 Å². The lowest BCUT2D eigenvalue weighted by molar-refractivity contribution is 0.0528. The first-order chi connectivity index (χ1) is 10.3. The first-order valence-corrected chi connectivity index (χ1v) is 7.64. The number of carbonyl (C=O) groups excluding carboxylic acids is 1. The SMILES string of the molecule is Cc1cc2nccc(Cl)c2cc1CCNC(=O)OC(C)(C)C. The van der Waals surface area contributed by atoms with E-state index in [2.05, 4.69) is 10.3 Å². The van der Waals surface area contributed by atoms with E-state index in [4.69, 9.17) is 16.3 Å². The summed E-state index contributed by atoms with van der Waals surface area (Å²) >= 11 is 6.21. The zero-order chi connectivity index (χ0) is 16.3. The van der Waals surface area contributed by atoms with E-state index in [1.165, 1.54) is 0 Å². The van der Waals surface area contributed by atoms with Crippen LogP contribution in [0.25, 0.3) is 10.9 Å². The summed E-state index contributed by atoms with van der Waals surface area (Å²) in [4.78, 5) is 16.0. The highest BCUT2D eigenvalue weighted by Crippen LogP contribution is 2.25. The van der Waals surface area contributed by atoms with Crippen LogP contribution in [-0.4, -0.2) is 23.2 Å². The molecule has 0 fully saturated rings. The van der Waals surface area contributed by atoms with Gasteiger partial charge in [-0.2, -0.15) is 0 Å². The number of amides is 1. The molecule has 22 heavy (non-hydrogen) atoms. The Labute approximate surface area is 135 Å². The maximum absolute atomic E-state index is 11.6. The molecular weight excluding hydrogens is 300 g/mol. The molecule has 0 spiro atoms. The highest BCUT2D eigenvalue weighted by atomic mass is 35.5. The highest BCUT2D eigenvalue weighted by Gasteiger charge is 2.15. The predicted octanol–water partition coefficient (Wildman–Crippen LogP) is 4.26. The molecule has 5 heteroatoms. The van der Waals surface area contributed by atoms with Gasteiger partial charge in [0.15, 0.2) is 0 Å². The standard InChI is InChI=1S/C17H21ClN2O2/c1-11-9-15-13(14(18)6-8-19-15)10-12(11)5-7-20-16(21)22-17(2,3)4/h6,8-10H,5,7H2,1-4H3,(H,20,21). The number of rotatable bonds is 3. The summed E-state index contributed by atoms with van der Waals surface area (Å²) in [6.45, 7) is 8.07. The molecule has 118 valence electrons. The first-order valence-electron chi connectivity index (χ1n) is 7.27. The minimum atomic E-state index is -0.484. The zero-order valence-corrected chi connectivity index (χ0v) is 14.1. The molecule has 1 N–H and O–H groups in total. The second kappa shape index (κ2) is 6.53. The van der Waals surface area contributed by atoms with Gasteiger partial charge in [0.2, 0.25) is 0 Å². The van der Waals surface area contributed by atoms with E-state index >= 15 is 0 Å². The largest absolute Gasteiger partial charge is 0.444 e. The van der Waals surface area contributed by atoms with Gasteiger partial charge in [-0.15, -0.1) is 0 Å². The van der Waals surface area contributed by atoms with Crippen LogP contribution in [0.4, 0.5) is 4.79 Å². The molecular formula is C17H21ClN2O2. The maximum atomic E-state index is 11.6. The summed E-state index contributed by atoms with van der Waals surface area (Å²) in [5.74, 6) is 0. The number of fused-ring (bicyclic) bond motifs is 1. The number of ether oxygens (including phenoxy) is 1. The summed E-state index contributed by atoms with van der Waals surface area (Å²) in [6, 6.07) is 5.84. The molecule has 1 heterocycles. The van der Waals surface area contributed by atoms with Gasteiger partial charge in [0.1, 0.15) is 5.60 Å². The van der Waals surface area contributed by atoms with Gasteiger partial charge in [0.05, 0.1) is 10.5 Å². The van der Waals surface area contributed by atoms with Crippen LogP contribution in [0.2, 0.25) is 5.02 Å². The molecule has 1 amide bonds. The molecule has 0 aliphatic carbocycles. The number of hydrogen-bond acceptors (Lipinski definition) is 3. The Morgan fingerprint density at radius 1 is 1.36 bits per heavy atom. The van der Waals surface area contributed by atoms with Crippen molar-refractivity contribution in [3.8, 4) is 0 Å². The van der Waals surface area contributed by atoms with Crippen molar-refractivity contribution in [2.24, 2.45) is 0 Å². The van der Waals surface area contributed by atoms with Crippen molar-refractivity contribution in [3.05, 3.63) is 40.5 Å². The van der Waals surface area contributed by atoms with Crippen molar-refractivity contribution in [1.82, 2.24) is 10.3 Å². The summed E-state index contributed by atoms with van der Waals surface area (Å²) in [5.41, 5.74) is 2.67. The second-order valence-electron chi connectivity index (χ2n) is 6.27. The van der Waals surface area contributed by atoms with Crippen LogP contribution in [0, 0.1) is 6.92 Å². The molecule has 0 atom stereocenters. The molecule has 2 rings (SSSR count). The van der Waals surface area contributed by atoms with Crippen LogP contribution in [0.3, 0.4) is 0 Å². The van der Waals surface area contributed by atoms with Gasteiger partial charge < -0.3 is 10.1 Å². The van der Waals surface area contributed by atoms with Crippen molar-refractivity contribution in [1.29, 1.82) is 0 Å². The number of aryl methyl sites for hydroxylation is 1. The number of halogens is 1. The molecule has 0 saturated carbocycles. The van der Waals surface area contributed by atoms with Crippen LogP contribution < -0.4 is 5.32 Å². The number of benzene rings is 1. The fourth-order valence-electron chi connectivity index (χ4n) is 2.19. The van der Waals surface area contributed by atoms with E-state index in [-0.39, 0.29) is 0 Å². The van der Waals surface area contributed by atoms with E-state index in [0.29, 0.717) is 18.0 Å². The lowest BCUT2D eigenvalue weighted by Gasteiger charge is -2.19. The number of carbonyl (C=O) groups is 1. The van der Waals surface area contributed by atoms with Crippen molar-refractivity contribution >= 4 is 28.6 Å². The lowest BCUT2D eigenvalue weighted by Crippen LogP contribution is -2.33. The molecule has 0 aliphatic heterocycles. The van der Waals surface area contributed by atoms with Gasteiger partial charge in [-0.05, 0) is 63.4 Å². The average Bonchev–Trinajstić information content (AvgIpc) is 2.38. The molecule has 0 saturated heterocycles. The van der Waals surface area contributed by atoms with E-state index < -0.39 is 11.7 Å². The van der Waals surface area contributed by atoms with Crippen molar-refractivity contribution in [3.63, 3.8) is 0 Å². The topological polar surface area (TPSA) is 51.2 Å². The smallest absolute Gasteiger partial charge is 0.407 e. The Kier molecular flexibility index (Phi) is 4.91. The van der Waals surface area contributed by atoms with Crippen LogP contribution >= 0.6 is 11.6 Å². The van der Waals surface area contributed by atoms with E-state index in [1.54, 1.807) is 12.3 Å². The van der Waals surface area contributed by atoms with E-state index in [1.807, 2.05) is 39.8 Å². The van der Waals surface area contributed by atoms with Gasteiger partial charge in [0.25, 0.3) is 0 Å². The number of nitrogens with zero attached hydrogens (tertiary/aromatic N) is 1. The molecule has 0 unspecified atom stereocenters. The molecule has 0 radical (unpaired) electrons. The third-order valence-corrected chi connectivity index (χ3v) is 3.54. The van der Waals surface area contributed by atoms with Gasteiger partial charge in [-0.25, -0.2) is 4.79 Å². The van der Waals surface area contributed by atoms with Crippen LogP contribution in [-0.2, 0) is 11.2 Å². The van der Waals surface area contributed by atoms with E-state index in [9.17, 15) is 4.79 Å². The molecule has 1 aromatic heterocycles. The number of nitrogens with one attached hydrogen (secondary N) is 1. The zero-order valence-electron chi connectivity index (χ0n) is 13.4. The Morgan fingerprint density at radius 3 is 2.77 bits per heavy atom. The van der Waals surface area contributed by atoms with Crippen LogP contribution in [0.1, 0.15) is 31.9 Å². The fraction of sp³-hybridized carbons (Fsp3) is 0.412. The highest BCUT2D eigenvalue weighted by molar-refractivity contribution is 6.35. The number of aromatic nitrogens is 1. The van der Waals surface area contributed by atoms with Crippen molar-refractivity contribution < 1.29 is 9.53 Å². The second-order valence-corrected chi connectivity index (χ2v) is 6.67. The fourth-order valence-corrected chi connectivity index (χ4v) is 2.40. The Hall–Kier alpha value is -1.81. The predicted molar refractivity (Wildman–Crippen MR) is 89.4 cm³/mol. The minimum absolute atomic E-state index is 0.398. The summed E-state index contributed by atoms with van der Waals surface area (Å²) < 4.78 is 5.21. The van der Waals surface area contributed by atoms with Crippen LogP contribution in [0.15, 0.2) is 24.4 Å². The molecule has 0 aliphatic rings. The maximum Gasteiger partial charge on any atom is 0.407 e. The molecule has 4 nitrogen and oxygen atoms in total. The average molecular weight is 321 g/mol. The van der Waals surface area contributed by atoms with Crippen molar-refractivity contribution in [2.45, 2.75) is 39.7 Å². The third-order valence-electron chi connectivity index (χ3n) is 3.21. The quantitative estimate of drug-likeness (QED) is 0.919. The Morgan fingerprint density at radius 2 is 2.09 bits per heavy atom. The van der Waals surface area contributed by atoms with Gasteiger partial charge >= 0.3 is 6.09 Å². The number of alkyl carbamates (subject to hydrolysis) is 1. The molecule has 1 aromatic carbocycles. The summed E-state index contributed by atoms with van der Waals surface area (Å²) in [7, 11) is 0. The summed E-state index contributed by atoms with van der Waals surface area (Å²) in [5, 5.41) is 4.39. The van der Waals surface area contributed by atoms with Gasteiger partial charge in [0, 0.05) is 18.1 Å². The lowest BCUT2D eigenvalue weighted by atomic mass is 10.0. The number of hydrogen-bond donors (Lipinski definition) is 1. The molecule has 0 bridgehead atoms.